The molecule has 0 aromatic carbocycles. The normalized spacial score (nSPS) is 25.0. The van der Waals surface area contributed by atoms with Gasteiger partial charge in [0.05, 0.1) is 24.0 Å². The second-order valence-electron chi connectivity index (χ2n) is 6.59. The molecular formula is C20H32N4O9. The van der Waals surface area contributed by atoms with Gasteiger partial charge in [-0.1, -0.05) is 12.2 Å². The molecular weight excluding hydrogens is 440 g/mol. The Bertz CT molecular complexity index is 711. The number of fused-ring (bicyclic) bond motifs is 5. The molecule has 4 aliphatic rings. The van der Waals surface area contributed by atoms with E-state index >= 15 is 0 Å². The van der Waals surface area contributed by atoms with E-state index in [1.165, 1.54) is 24.1 Å². The summed E-state index contributed by atoms with van der Waals surface area (Å²) in [7, 11) is 6.15. The van der Waals surface area contributed by atoms with E-state index in [4.69, 9.17) is 4.74 Å². The van der Waals surface area contributed by atoms with Crippen molar-refractivity contribution in [3.63, 3.8) is 0 Å². The van der Waals surface area contributed by atoms with Gasteiger partial charge in [0.2, 0.25) is 11.8 Å². The van der Waals surface area contributed by atoms with Crippen LogP contribution in [0.3, 0.4) is 0 Å². The molecule has 2 fully saturated rings. The molecule has 13 heteroatoms. The van der Waals surface area contributed by atoms with Crippen LogP contribution in [0.4, 0.5) is 0 Å². The smallest absolute Gasteiger partial charge is 0.253 e. The van der Waals surface area contributed by atoms with E-state index in [0.717, 1.165) is 4.90 Å². The quantitative estimate of drug-likeness (QED) is 0.257. The molecule has 4 rings (SSSR count). The van der Waals surface area contributed by atoms with Crippen molar-refractivity contribution in [1.82, 2.24) is 9.80 Å². The molecule has 4 heterocycles. The summed E-state index contributed by atoms with van der Waals surface area (Å²) >= 11 is 0. The second-order valence-corrected chi connectivity index (χ2v) is 6.59. The van der Waals surface area contributed by atoms with Gasteiger partial charge in [0.1, 0.15) is 13.5 Å². The number of hydrogen-bond donors (Lipinski definition) is 0. The van der Waals surface area contributed by atoms with Gasteiger partial charge in [-0.3, -0.25) is 39.0 Å². The van der Waals surface area contributed by atoms with Crippen molar-refractivity contribution in [1.29, 1.82) is 0 Å². The van der Waals surface area contributed by atoms with Gasteiger partial charge in [-0.15, -0.1) is 0 Å². The predicted molar refractivity (Wildman–Crippen MR) is 120 cm³/mol. The van der Waals surface area contributed by atoms with E-state index in [2.05, 4.69) is 32.9 Å². The highest BCUT2D eigenvalue weighted by Gasteiger charge is 2.59. The number of nitrogens with zero attached hydrogens (tertiary/aromatic N) is 4. The SMILES string of the molecule is C=NCOC.C=NCOC.CN1C(=O)C2C3C=CC(O3)C2C1=O.CN1C(=O)C=CC1=O.O.O. The fourth-order valence-electron chi connectivity index (χ4n) is 3.11. The van der Waals surface area contributed by atoms with Crippen LogP contribution in [-0.2, 0) is 33.4 Å². The minimum atomic E-state index is -0.243. The molecule has 0 aromatic heterocycles. The molecule has 2 bridgehead atoms. The molecule has 13 nitrogen and oxygen atoms in total. The number of carbonyl (C=O) groups is 4. The highest BCUT2D eigenvalue weighted by atomic mass is 16.5. The number of rotatable bonds is 4. The maximum Gasteiger partial charge on any atom is 0.253 e. The van der Waals surface area contributed by atoms with Gasteiger partial charge in [0.25, 0.3) is 11.8 Å². The fourth-order valence-corrected chi connectivity index (χ4v) is 3.11. The second kappa shape index (κ2) is 15.7. The van der Waals surface area contributed by atoms with E-state index in [1.54, 1.807) is 21.3 Å². The lowest BCUT2D eigenvalue weighted by Crippen LogP contribution is -2.30. The van der Waals surface area contributed by atoms with Crippen molar-refractivity contribution >= 4 is 37.1 Å². The molecule has 4 aliphatic heterocycles. The van der Waals surface area contributed by atoms with Gasteiger partial charge in [-0.25, -0.2) is 0 Å². The summed E-state index contributed by atoms with van der Waals surface area (Å²) in [4.78, 5) is 53.0. The molecule has 0 saturated carbocycles. The zero-order chi connectivity index (χ0) is 23.6. The maximum atomic E-state index is 11.6. The number of methoxy groups -OCH3 is 2. The summed E-state index contributed by atoms with van der Waals surface area (Å²) in [5, 5.41) is 0. The monoisotopic (exact) mass is 472 g/mol. The summed E-state index contributed by atoms with van der Waals surface area (Å²) in [6.07, 6.45) is 5.96. The van der Waals surface area contributed by atoms with Crippen LogP contribution in [0.5, 0.6) is 0 Å². The first kappa shape index (κ1) is 32.1. The third-order valence-corrected chi connectivity index (χ3v) is 4.60. The van der Waals surface area contributed by atoms with Crippen LogP contribution in [0, 0.1) is 11.8 Å². The summed E-state index contributed by atoms with van der Waals surface area (Å²) in [5.41, 5.74) is 0. The zero-order valence-electron chi connectivity index (χ0n) is 19.1. The number of ether oxygens (including phenoxy) is 3. The maximum absolute atomic E-state index is 11.6. The Kier molecular flexibility index (Phi) is 15.2. The van der Waals surface area contributed by atoms with Crippen LogP contribution in [-0.4, -0.2) is 112 Å². The fraction of sp³-hybridized carbons (Fsp3) is 0.500. The average Bonchev–Trinajstić information content (AvgIpc) is 3.50. The Labute approximate surface area is 192 Å². The summed E-state index contributed by atoms with van der Waals surface area (Å²) in [6.45, 7) is 7.16. The Hall–Kier alpha value is -3.10. The van der Waals surface area contributed by atoms with Crippen LogP contribution in [0.2, 0.25) is 0 Å². The molecule has 4 N–H and O–H groups in total. The van der Waals surface area contributed by atoms with Crippen molar-refractivity contribution in [2.45, 2.75) is 12.2 Å². The number of aliphatic imine (C=N–C) groups is 2. The van der Waals surface area contributed by atoms with Crippen molar-refractivity contribution in [2.24, 2.45) is 21.8 Å². The number of carbonyl (C=O) groups excluding carboxylic acids is 4. The molecule has 0 radical (unpaired) electrons. The third kappa shape index (κ3) is 8.07. The first-order valence-corrected chi connectivity index (χ1v) is 9.22. The molecule has 33 heavy (non-hydrogen) atoms. The standard InChI is InChI=1S/C9H9NO3.C5H5NO2.2C3H7NO.2H2O/c1-10-8(11)6-4-2-3-5(13-4)7(6)9(10)12;1-6-4(7)2-3-5(6)8;2*1-4-3-5-2;;/h2-7H,1H3;2-3H,1H3;2*1,3H2,2H3;2*1H2. The van der Waals surface area contributed by atoms with E-state index in [0.29, 0.717) is 13.5 Å². The van der Waals surface area contributed by atoms with E-state index in [1.807, 2.05) is 12.2 Å². The number of likely N-dealkylation sites (tertiary alicyclic amines) is 1. The van der Waals surface area contributed by atoms with E-state index < -0.39 is 0 Å². The highest BCUT2D eigenvalue weighted by Crippen LogP contribution is 2.44. The molecule has 4 amide bonds. The third-order valence-electron chi connectivity index (χ3n) is 4.60. The van der Waals surface area contributed by atoms with Gasteiger partial charge in [0.15, 0.2) is 0 Å². The average molecular weight is 472 g/mol. The van der Waals surface area contributed by atoms with Gasteiger partial charge in [0, 0.05) is 40.5 Å². The number of hydrogen-bond acceptors (Lipinski definition) is 9. The Morgan fingerprint density at radius 1 is 0.818 bits per heavy atom. The molecule has 2 saturated heterocycles. The van der Waals surface area contributed by atoms with Gasteiger partial charge < -0.3 is 25.2 Å². The first-order valence-electron chi connectivity index (χ1n) is 9.22. The van der Waals surface area contributed by atoms with Crippen LogP contribution in [0.15, 0.2) is 34.3 Å². The molecule has 0 aliphatic carbocycles. The van der Waals surface area contributed by atoms with E-state index in [9.17, 15) is 19.2 Å². The lowest BCUT2D eigenvalue weighted by Gasteiger charge is -2.10. The largest absolute Gasteiger partial charge is 0.412 e. The Morgan fingerprint density at radius 3 is 1.39 bits per heavy atom. The number of imide groups is 2. The minimum Gasteiger partial charge on any atom is -0.412 e. The van der Waals surface area contributed by atoms with Crippen molar-refractivity contribution in [3.8, 4) is 0 Å². The summed E-state index contributed by atoms with van der Waals surface area (Å²) < 4.78 is 14.4. The zero-order valence-corrected chi connectivity index (χ0v) is 19.1. The molecule has 186 valence electrons. The molecule has 4 atom stereocenters. The summed E-state index contributed by atoms with van der Waals surface area (Å²) in [5.74, 6) is -1.15. The number of amides is 4. The number of likely N-dealkylation sites (N-methyl/N-ethyl adjacent to an activating group) is 1. The van der Waals surface area contributed by atoms with Crippen molar-refractivity contribution < 1.29 is 44.3 Å². The topological polar surface area (TPSA) is 190 Å². The first-order chi connectivity index (χ1) is 14.7. The van der Waals surface area contributed by atoms with Gasteiger partial charge in [-0.2, -0.15) is 0 Å². The van der Waals surface area contributed by atoms with Crippen LogP contribution in [0.25, 0.3) is 0 Å². The van der Waals surface area contributed by atoms with Crippen LogP contribution in [0.1, 0.15) is 0 Å². The lowest BCUT2D eigenvalue weighted by atomic mass is 9.85. The molecule has 0 aromatic rings. The predicted octanol–water partition coefficient (Wildman–Crippen LogP) is -1.97. The Balaban J connectivity index is 0. The molecule has 4 unspecified atom stereocenters. The molecule has 0 spiro atoms. The van der Waals surface area contributed by atoms with Gasteiger partial charge >= 0.3 is 0 Å². The van der Waals surface area contributed by atoms with E-state index in [-0.39, 0.29) is 58.6 Å². The van der Waals surface area contributed by atoms with Crippen LogP contribution < -0.4 is 0 Å². The van der Waals surface area contributed by atoms with Crippen LogP contribution >= 0.6 is 0 Å². The van der Waals surface area contributed by atoms with Crippen molar-refractivity contribution in [3.05, 3.63) is 24.3 Å². The highest BCUT2D eigenvalue weighted by molar-refractivity contribution is 6.12. The Morgan fingerprint density at radius 2 is 1.18 bits per heavy atom. The summed E-state index contributed by atoms with van der Waals surface area (Å²) in [6, 6.07) is 0. The van der Waals surface area contributed by atoms with Gasteiger partial charge in [-0.05, 0) is 13.4 Å². The lowest BCUT2D eigenvalue weighted by molar-refractivity contribution is -0.141. The van der Waals surface area contributed by atoms with Crippen molar-refractivity contribution in [2.75, 3.05) is 41.8 Å². The minimum absolute atomic E-state index is 0.